The Kier molecular flexibility index (Phi) is 2.44. The van der Waals surface area contributed by atoms with Crippen molar-refractivity contribution in [1.82, 2.24) is 10.3 Å². The zero-order chi connectivity index (χ0) is 11.0. The van der Waals surface area contributed by atoms with Gasteiger partial charge in [-0.1, -0.05) is 13.8 Å². The number of aromatic nitrogens is 1. The molecule has 1 aromatic heterocycles. The number of primary amides is 1. The van der Waals surface area contributed by atoms with Crippen molar-refractivity contribution in [2.75, 3.05) is 0 Å². The van der Waals surface area contributed by atoms with E-state index in [0.717, 1.165) is 17.8 Å². The molecule has 1 atom stereocenters. The topological polar surface area (TPSA) is 68.0 Å². The molecular formula is C11H15N3O. The van der Waals surface area contributed by atoms with Gasteiger partial charge in [-0.2, -0.15) is 0 Å². The molecule has 0 aliphatic carbocycles. The van der Waals surface area contributed by atoms with Crippen LogP contribution >= 0.6 is 0 Å². The maximum Gasteiger partial charge on any atom is 0.250 e. The molecule has 80 valence electrons. The quantitative estimate of drug-likeness (QED) is 0.756. The molecular weight excluding hydrogens is 190 g/mol. The summed E-state index contributed by atoms with van der Waals surface area (Å²) in [5.74, 6) is 0.0801. The number of fused-ring (bicyclic) bond motifs is 1. The van der Waals surface area contributed by atoms with E-state index in [1.54, 1.807) is 6.20 Å². The fourth-order valence-corrected chi connectivity index (χ4v) is 1.95. The summed E-state index contributed by atoms with van der Waals surface area (Å²) in [4.78, 5) is 15.3. The monoisotopic (exact) mass is 205 g/mol. The first-order valence-corrected chi connectivity index (χ1v) is 5.11. The van der Waals surface area contributed by atoms with E-state index in [0.29, 0.717) is 17.5 Å². The van der Waals surface area contributed by atoms with Gasteiger partial charge in [-0.15, -0.1) is 0 Å². The summed E-state index contributed by atoms with van der Waals surface area (Å²) in [6.07, 6.45) is 1.56. The number of carbonyl (C=O) groups excluding carboxylic acids is 1. The summed E-state index contributed by atoms with van der Waals surface area (Å²) in [5.41, 5.74) is 7.83. The van der Waals surface area contributed by atoms with Gasteiger partial charge < -0.3 is 11.1 Å². The fraction of sp³-hybridized carbons (Fsp3) is 0.455. The molecule has 4 nitrogen and oxygen atoms in total. The van der Waals surface area contributed by atoms with Gasteiger partial charge in [-0.25, -0.2) is 0 Å². The molecule has 2 heterocycles. The SMILES string of the molecule is CC(C)C1NCc2cc(C(N)=O)cnc21. The Balaban J connectivity index is 2.37. The van der Waals surface area contributed by atoms with E-state index >= 15 is 0 Å². The number of hydrogen-bond acceptors (Lipinski definition) is 3. The molecule has 0 aromatic carbocycles. The highest BCUT2D eigenvalue weighted by atomic mass is 16.1. The third kappa shape index (κ3) is 1.72. The van der Waals surface area contributed by atoms with E-state index < -0.39 is 5.91 Å². The number of nitrogens with zero attached hydrogens (tertiary/aromatic N) is 1. The molecule has 0 saturated carbocycles. The second kappa shape index (κ2) is 3.62. The summed E-state index contributed by atoms with van der Waals surface area (Å²) in [6, 6.07) is 2.13. The van der Waals surface area contributed by atoms with E-state index in [1.165, 1.54) is 0 Å². The zero-order valence-electron chi connectivity index (χ0n) is 8.95. The van der Waals surface area contributed by atoms with Gasteiger partial charge in [0, 0.05) is 12.7 Å². The lowest BCUT2D eigenvalue weighted by Gasteiger charge is -2.14. The van der Waals surface area contributed by atoms with Crippen molar-refractivity contribution < 1.29 is 4.79 Å². The van der Waals surface area contributed by atoms with Crippen molar-refractivity contribution in [3.05, 3.63) is 29.1 Å². The molecule has 0 bridgehead atoms. The smallest absolute Gasteiger partial charge is 0.250 e. The maximum atomic E-state index is 11.0. The van der Waals surface area contributed by atoms with Gasteiger partial charge in [0.2, 0.25) is 5.91 Å². The van der Waals surface area contributed by atoms with Crippen LogP contribution in [0.15, 0.2) is 12.3 Å². The van der Waals surface area contributed by atoms with E-state index in [4.69, 9.17) is 5.73 Å². The van der Waals surface area contributed by atoms with Gasteiger partial charge in [0.15, 0.2) is 0 Å². The van der Waals surface area contributed by atoms with Crippen molar-refractivity contribution in [1.29, 1.82) is 0 Å². The maximum absolute atomic E-state index is 11.0. The van der Waals surface area contributed by atoms with Crippen molar-refractivity contribution in [2.45, 2.75) is 26.4 Å². The molecule has 0 fully saturated rings. The largest absolute Gasteiger partial charge is 0.366 e. The van der Waals surface area contributed by atoms with E-state index in [-0.39, 0.29) is 0 Å². The number of amides is 1. The van der Waals surface area contributed by atoms with Crippen LogP contribution in [0, 0.1) is 5.92 Å². The first-order valence-electron chi connectivity index (χ1n) is 5.11. The number of rotatable bonds is 2. The third-order valence-electron chi connectivity index (χ3n) is 2.76. The molecule has 1 amide bonds. The van der Waals surface area contributed by atoms with Gasteiger partial charge in [0.05, 0.1) is 17.3 Å². The average molecular weight is 205 g/mol. The minimum Gasteiger partial charge on any atom is -0.366 e. The first-order chi connectivity index (χ1) is 7.09. The molecule has 1 unspecified atom stereocenters. The summed E-state index contributed by atoms with van der Waals surface area (Å²) in [6.45, 7) is 5.07. The van der Waals surface area contributed by atoms with Crippen LogP contribution in [0.25, 0.3) is 0 Å². The number of carbonyl (C=O) groups is 1. The Morgan fingerprint density at radius 3 is 3.00 bits per heavy atom. The highest BCUT2D eigenvalue weighted by Gasteiger charge is 2.26. The second-order valence-electron chi connectivity index (χ2n) is 4.24. The highest BCUT2D eigenvalue weighted by molar-refractivity contribution is 5.92. The molecule has 15 heavy (non-hydrogen) atoms. The lowest BCUT2D eigenvalue weighted by molar-refractivity contribution is 0.1000. The minimum atomic E-state index is -0.418. The number of nitrogens with one attached hydrogen (secondary N) is 1. The van der Waals surface area contributed by atoms with Crippen molar-refractivity contribution in [3.8, 4) is 0 Å². The van der Waals surface area contributed by atoms with Crippen LogP contribution in [0.5, 0.6) is 0 Å². The molecule has 1 aliphatic rings. The fourth-order valence-electron chi connectivity index (χ4n) is 1.95. The van der Waals surface area contributed by atoms with Crippen LogP contribution in [0.3, 0.4) is 0 Å². The first kappa shape index (κ1) is 10.1. The van der Waals surface area contributed by atoms with Crippen molar-refractivity contribution >= 4 is 5.91 Å². The zero-order valence-corrected chi connectivity index (χ0v) is 8.95. The predicted octanol–water partition coefficient (Wildman–Crippen LogP) is 0.981. The van der Waals surface area contributed by atoms with Crippen LogP contribution in [-0.4, -0.2) is 10.9 Å². The standard InChI is InChI=1S/C11H15N3O/c1-6(2)9-10-7(4-13-9)3-8(5-14-10)11(12)15/h3,5-6,9,13H,4H2,1-2H3,(H2,12,15). The summed E-state index contributed by atoms with van der Waals surface area (Å²) in [5, 5.41) is 3.37. The average Bonchev–Trinajstić information content (AvgIpc) is 2.59. The third-order valence-corrected chi connectivity index (χ3v) is 2.76. The summed E-state index contributed by atoms with van der Waals surface area (Å²) >= 11 is 0. The normalized spacial score (nSPS) is 19.3. The van der Waals surface area contributed by atoms with Crippen LogP contribution in [0.4, 0.5) is 0 Å². The second-order valence-corrected chi connectivity index (χ2v) is 4.24. The van der Waals surface area contributed by atoms with Crippen LogP contribution in [-0.2, 0) is 6.54 Å². The van der Waals surface area contributed by atoms with Gasteiger partial charge >= 0.3 is 0 Å². The lowest BCUT2D eigenvalue weighted by Crippen LogP contribution is -2.18. The predicted molar refractivity (Wildman–Crippen MR) is 57.2 cm³/mol. The van der Waals surface area contributed by atoms with Gasteiger partial charge in [-0.05, 0) is 17.5 Å². The Labute approximate surface area is 88.9 Å². The van der Waals surface area contributed by atoms with Crippen molar-refractivity contribution in [3.63, 3.8) is 0 Å². The van der Waals surface area contributed by atoms with Crippen molar-refractivity contribution in [2.24, 2.45) is 11.7 Å². The highest BCUT2D eigenvalue weighted by Crippen LogP contribution is 2.29. The minimum absolute atomic E-state index is 0.293. The molecule has 0 radical (unpaired) electrons. The number of hydrogen-bond donors (Lipinski definition) is 2. The van der Waals surface area contributed by atoms with E-state index in [2.05, 4.69) is 24.1 Å². The Morgan fingerprint density at radius 1 is 1.67 bits per heavy atom. The van der Waals surface area contributed by atoms with E-state index in [9.17, 15) is 4.79 Å². The van der Waals surface area contributed by atoms with Crippen LogP contribution in [0.1, 0.15) is 41.5 Å². The molecule has 2 rings (SSSR count). The number of pyridine rings is 1. The molecule has 3 N–H and O–H groups in total. The Morgan fingerprint density at radius 2 is 2.40 bits per heavy atom. The van der Waals surface area contributed by atoms with Crippen LogP contribution in [0.2, 0.25) is 0 Å². The van der Waals surface area contributed by atoms with Gasteiger partial charge in [-0.3, -0.25) is 9.78 Å². The van der Waals surface area contributed by atoms with E-state index in [1.807, 2.05) is 6.07 Å². The molecule has 0 spiro atoms. The lowest BCUT2D eigenvalue weighted by atomic mass is 10.0. The van der Waals surface area contributed by atoms with Crippen LogP contribution < -0.4 is 11.1 Å². The Hall–Kier alpha value is -1.42. The molecule has 1 aromatic rings. The Bertz CT molecular complexity index is 401. The number of nitrogens with two attached hydrogens (primary N) is 1. The van der Waals surface area contributed by atoms with Gasteiger partial charge in [0.25, 0.3) is 0 Å². The molecule has 1 aliphatic heterocycles. The molecule has 4 heteroatoms. The molecule has 0 saturated heterocycles. The summed E-state index contributed by atoms with van der Waals surface area (Å²) < 4.78 is 0. The summed E-state index contributed by atoms with van der Waals surface area (Å²) in [7, 11) is 0. The van der Waals surface area contributed by atoms with Gasteiger partial charge in [0.1, 0.15) is 0 Å².